The molecule has 0 saturated carbocycles. The normalized spacial score (nSPS) is 13.7. The number of fused-ring (bicyclic) bond motifs is 1. The van der Waals surface area contributed by atoms with Gasteiger partial charge in [-0.1, -0.05) is 0 Å². The van der Waals surface area contributed by atoms with Gasteiger partial charge in [-0.25, -0.2) is 23.4 Å². The van der Waals surface area contributed by atoms with E-state index in [4.69, 9.17) is 23.7 Å². The van der Waals surface area contributed by atoms with Crippen LogP contribution in [-0.2, 0) is 12.8 Å². The number of halogens is 1. The Morgan fingerprint density at radius 3 is 2.17 bits per heavy atom. The zero-order valence-electron chi connectivity index (χ0n) is 11.9. The molecule has 0 aliphatic heterocycles. The number of aryl methyl sites for hydroxylation is 2. The molecule has 0 atom stereocenters. The summed E-state index contributed by atoms with van der Waals surface area (Å²) in [6.07, 6.45) is 7.11. The second kappa shape index (κ2) is 7.35. The first-order valence-electron chi connectivity index (χ1n) is 6.73. The molecule has 124 valence electrons. The van der Waals surface area contributed by atoms with Crippen LogP contribution in [0.15, 0.2) is 30.5 Å². The van der Waals surface area contributed by atoms with Crippen LogP contribution in [0.4, 0.5) is 0 Å². The predicted molar refractivity (Wildman–Crippen MR) is 69.5 cm³/mol. The second-order valence-corrected chi connectivity index (χ2v) is 6.76. The molecule has 0 amide bonds. The van der Waals surface area contributed by atoms with Crippen molar-refractivity contribution in [3.63, 3.8) is 0 Å². The number of hydrogen-bond acceptors (Lipinski definition) is 6. The van der Waals surface area contributed by atoms with Crippen LogP contribution >= 0.6 is 11.5 Å². The maximum Gasteiger partial charge on any atom is 0.335 e. The predicted octanol–water partition coefficient (Wildman–Crippen LogP) is -2.15. The summed E-state index contributed by atoms with van der Waals surface area (Å²) in [6.45, 7) is 0. The highest BCUT2D eigenvalue weighted by Gasteiger charge is 2.20. The quantitative estimate of drug-likeness (QED) is 0.607. The van der Waals surface area contributed by atoms with Gasteiger partial charge in [-0.05, 0) is 37.8 Å². The number of benzene rings is 1. The van der Waals surface area contributed by atoms with Gasteiger partial charge in [0.2, 0.25) is 5.69 Å². The standard InChI is InChI=1S/C14H13NO2S.ClHO4/c16-14(17)10-5-7-12(8-6-10)15-9-11-3-1-2-4-13(11)18-15;2-1(3,4)5/h5-9H,1-4H2;(H,2,3,4,5). The Hall–Kier alpha value is -1.55. The molecule has 1 heterocycles. The van der Waals surface area contributed by atoms with Gasteiger partial charge in [0.05, 0.1) is 10.4 Å². The number of hydrogen-bond donors (Lipinski definition) is 1. The van der Waals surface area contributed by atoms with Gasteiger partial charge in [0.25, 0.3) is 0 Å². The van der Waals surface area contributed by atoms with Crippen LogP contribution in [0.2, 0.25) is 0 Å². The molecule has 0 spiro atoms. The van der Waals surface area contributed by atoms with Crippen molar-refractivity contribution < 1.29 is 42.7 Å². The van der Waals surface area contributed by atoms with E-state index in [2.05, 4.69) is 10.2 Å². The second-order valence-electron chi connectivity index (χ2n) is 4.93. The zero-order chi connectivity index (χ0) is 17.0. The lowest BCUT2D eigenvalue weighted by Gasteiger charge is -2.17. The number of nitrogens with zero attached hydrogens (tertiary/aromatic N) is 1. The van der Waals surface area contributed by atoms with Gasteiger partial charge in [-0.15, -0.1) is 14.2 Å². The summed E-state index contributed by atoms with van der Waals surface area (Å²) < 4.78 is 36.1. The van der Waals surface area contributed by atoms with Crippen molar-refractivity contribution >= 4 is 17.5 Å². The van der Waals surface area contributed by atoms with Gasteiger partial charge in [0.1, 0.15) is 11.5 Å². The largest absolute Gasteiger partial charge is 0.478 e. The van der Waals surface area contributed by atoms with Crippen LogP contribution in [0.3, 0.4) is 0 Å². The van der Waals surface area contributed by atoms with Gasteiger partial charge in [0.15, 0.2) is 6.20 Å². The molecule has 0 unspecified atom stereocenters. The lowest BCUT2D eigenvalue weighted by molar-refractivity contribution is -2.00. The molecule has 1 aliphatic rings. The van der Waals surface area contributed by atoms with E-state index in [-0.39, 0.29) is 0 Å². The molecule has 0 bridgehead atoms. The van der Waals surface area contributed by atoms with Gasteiger partial charge >= 0.3 is 5.97 Å². The zero-order valence-corrected chi connectivity index (χ0v) is 13.5. The van der Waals surface area contributed by atoms with E-state index in [0.717, 1.165) is 5.69 Å². The summed E-state index contributed by atoms with van der Waals surface area (Å²) in [7, 11) is -4.94. The van der Waals surface area contributed by atoms with Crippen LogP contribution in [0.1, 0.15) is 33.6 Å². The van der Waals surface area contributed by atoms with Crippen LogP contribution in [0.25, 0.3) is 5.69 Å². The monoisotopic (exact) mass is 359 g/mol. The van der Waals surface area contributed by atoms with Crippen LogP contribution in [-0.4, -0.2) is 11.1 Å². The number of carbonyl (C=O) groups is 1. The van der Waals surface area contributed by atoms with E-state index < -0.39 is 16.2 Å². The number of aromatic nitrogens is 1. The highest BCUT2D eigenvalue weighted by molar-refractivity contribution is 7.02. The molecule has 1 N–H and O–H groups in total. The van der Waals surface area contributed by atoms with Gasteiger partial charge in [-0.3, -0.25) is 0 Å². The highest BCUT2D eigenvalue weighted by Crippen LogP contribution is 2.23. The van der Waals surface area contributed by atoms with E-state index in [1.54, 1.807) is 23.7 Å². The lowest BCUT2D eigenvalue weighted by atomic mass is 10.0. The molecule has 1 aromatic carbocycles. The maximum absolute atomic E-state index is 10.8. The summed E-state index contributed by atoms with van der Waals surface area (Å²) in [4.78, 5) is 12.3. The average Bonchev–Trinajstić information content (AvgIpc) is 2.89. The molecule has 23 heavy (non-hydrogen) atoms. The fourth-order valence-electron chi connectivity index (χ4n) is 2.31. The molecule has 2 aromatic rings. The molecule has 3 rings (SSSR count). The van der Waals surface area contributed by atoms with Crippen molar-refractivity contribution in [3.05, 3.63) is 46.5 Å². The third kappa shape index (κ3) is 5.54. The SMILES string of the molecule is O=C(O)c1ccc(-[n+]2cc3c(s2)CCCC3)cc1.[O-][Cl+3]([O-])([O-])[O-]. The molecule has 0 saturated heterocycles. The maximum atomic E-state index is 10.8. The van der Waals surface area contributed by atoms with Crippen molar-refractivity contribution in [3.8, 4) is 5.69 Å². The third-order valence-electron chi connectivity index (χ3n) is 3.31. The Kier molecular flexibility index (Phi) is 5.69. The molecule has 0 radical (unpaired) electrons. The first-order valence-corrected chi connectivity index (χ1v) is 8.74. The summed E-state index contributed by atoms with van der Waals surface area (Å²) in [5, 5.41) is 8.87. The summed E-state index contributed by atoms with van der Waals surface area (Å²) in [5.74, 6) is -0.878. The van der Waals surface area contributed by atoms with Crippen LogP contribution in [0, 0.1) is 10.2 Å². The minimum Gasteiger partial charge on any atom is -0.478 e. The average molecular weight is 360 g/mol. The van der Waals surface area contributed by atoms with Crippen molar-refractivity contribution in [1.29, 1.82) is 0 Å². The summed E-state index contributed by atoms with van der Waals surface area (Å²) in [5.41, 5.74) is 2.83. The Morgan fingerprint density at radius 1 is 1.09 bits per heavy atom. The van der Waals surface area contributed by atoms with Crippen molar-refractivity contribution in [1.82, 2.24) is 0 Å². The molecule has 9 heteroatoms. The topological polar surface area (TPSA) is 133 Å². The Labute approximate surface area is 138 Å². The van der Waals surface area contributed by atoms with Crippen molar-refractivity contribution in [2.45, 2.75) is 25.7 Å². The first kappa shape index (κ1) is 17.8. The fourth-order valence-corrected chi connectivity index (χ4v) is 3.46. The molecule has 1 aliphatic carbocycles. The Balaban J connectivity index is 0.000000338. The van der Waals surface area contributed by atoms with Crippen molar-refractivity contribution in [2.24, 2.45) is 0 Å². The number of carboxylic acids is 1. The summed E-state index contributed by atoms with van der Waals surface area (Å²) in [6, 6.07) is 7.05. The van der Waals surface area contributed by atoms with Gasteiger partial charge in [-0.2, -0.15) is 0 Å². The lowest BCUT2D eigenvalue weighted by Crippen LogP contribution is -2.68. The van der Waals surface area contributed by atoms with E-state index in [0.29, 0.717) is 5.56 Å². The molecule has 7 nitrogen and oxygen atoms in total. The van der Waals surface area contributed by atoms with Gasteiger partial charge < -0.3 is 5.11 Å². The number of aromatic carboxylic acids is 1. The first-order chi connectivity index (χ1) is 10.7. The van der Waals surface area contributed by atoms with E-state index in [9.17, 15) is 4.79 Å². The smallest absolute Gasteiger partial charge is 0.335 e. The molecular weight excluding hydrogens is 346 g/mol. The van der Waals surface area contributed by atoms with Gasteiger partial charge in [0, 0.05) is 17.7 Å². The minimum absolute atomic E-state index is 0.334. The molecular formula is C14H14ClNO6S. The fraction of sp³-hybridized carbons (Fsp3) is 0.286. The van der Waals surface area contributed by atoms with E-state index >= 15 is 0 Å². The number of rotatable bonds is 2. The van der Waals surface area contributed by atoms with E-state index in [1.165, 1.54) is 36.1 Å². The van der Waals surface area contributed by atoms with Crippen molar-refractivity contribution in [2.75, 3.05) is 0 Å². The Bertz CT molecular complexity index is 650. The number of carboxylic acid groups (broad SMARTS) is 1. The third-order valence-corrected chi connectivity index (χ3v) is 4.51. The van der Waals surface area contributed by atoms with Crippen LogP contribution in [0.5, 0.6) is 0 Å². The van der Waals surface area contributed by atoms with Crippen LogP contribution < -0.4 is 22.6 Å². The molecule has 0 fully saturated rings. The van der Waals surface area contributed by atoms with E-state index in [1.807, 2.05) is 12.1 Å². The minimum atomic E-state index is -4.94. The molecule has 1 aromatic heterocycles. The highest BCUT2D eigenvalue weighted by atomic mass is 35.7. The Morgan fingerprint density at radius 2 is 1.65 bits per heavy atom. The summed E-state index contributed by atoms with van der Waals surface area (Å²) >= 11 is 1.77.